The van der Waals surface area contributed by atoms with Gasteiger partial charge in [0.25, 0.3) is 11.8 Å². The number of ether oxygens (including phenoxy) is 6. The predicted octanol–water partition coefficient (Wildman–Crippen LogP) is 12.6. The van der Waals surface area contributed by atoms with Crippen LogP contribution in [0.5, 0.6) is 34.5 Å². The summed E-state index contributed by atoms with van der Waals surface area (Å²) in [5.74, 6) is -0.404. The van der Waals surface area contributed by atoms with Crippen molar-refractivity contribution in [3.8, 4) is 34.5 Å². The lowest BCUT2D eigenvalue weighted by molar-refractivity contribution is 0.0535. The van der Waals surface area contributed by atoms with Gasteiger partial charge in [0, 0.05) is 37.3 Å². The summed E-state index contributed by atoms with van der Waals surface area (Å²) in [6, 6.07) is 38.1. The maximum absolute atomic E-state index is 13.4. The fourth-order valence-corrected chi connectivity index (χ4v) is 8.31. The topological polar surface area (TPSA) is 164 Å². The average Bonchev–Trinajstić information content (AvgIpc) is 3.45. The van der Waals surface area contributed by atoms with Crippen LogP contribution in [0.15, 0.2) is 146 Å². The summed E-state index contributed by atoms with van der Waals surface area (Å²) < 4.78 is 33.7. The van der Waals surface area contributed by atoms with Gasteiger partial charge in [-0.25, -0.2) is 19.2 Å². The maximum Gasteiger partial charge on any atom is 0.343 e. The van der Waals surface area contributed by atoms with E-state index in [4.69, 9.17) is 28.4 Å². The molecule has 14 nitrogen and oxygen atoms in total. The molecule has 0 saturated carbocycles. The van der Waals surface area contributed by atoms with Gasteiger partial charge in [-0.1, -0.05) is 78.1 Å². The van der Waals surface area contributed by atoms with Gasteiger partial charge in [-0.05, 0) is 158 Å². The molecule has 1 saturated heterocycles. The molecule has 14 heteroatoms. The molecule has 1 heterocycles. The molecule has 1 fully saturated rings. The number of amides is 2. The Hall–Kier alpha value is -8.26. The van der Waals surface area contributed by atoms with Crippen LogP contribution in [0.2, 0.25) is 0 Å². The number of piperazine rings is 1. The van der Waals surface area contributed by atoms with Crippen LogP contribution in [0.1, 0.15) is 153 Å². The zero-order valence-electron chi connectivity index (χ0n) is 43.4. The molecule has 6 aromatic carbocycles. The molecule has 0 atom stereocenters. The molecule has 0 N–H and O–H groups in total. The molecule has 1 aliphatic rings. The third kappa shape index (κ3) is 16.9. The van der Waals surface area contributed by atoms with Crippen molar-refractivity contribution < 1.29 is 57.2 Å². The molecule has 1 aliphatic heterocycles. The summed E-state index contributed by atoms with van der Waals surface area (Å²) in [6.45, 7) is 6.89. The number of carbonyl (C=O) groups excluding carboxylic acids is 6. The summed E-state index contributed by atoms with van der Waals surface area (Å²) >= 11 is 0. The first kappa shape index (κ1) is 55.5. The molecule has 6 aromatic rings. The van der Waals surface area contributed by atoms with Crippen LogP contribution >= 0.6 is 0 Å². The van der Waals surface area contributed by atoms with Crippen molar-refractivity contribution in [2.75, 3.05) is 39.4 Å². The van der Waals surface area contributed by atoms with Crippen LogP contribution in [0.25, 0.3) is 0 Å². The van der Waals surface area contributed by atoms with Gasteiger partial charge < -0.3 is 38.2 Å². The molecule has 396 valence electrons. The van der Waals surface area contributed by atoms with Gasteiger partial charge in [-0.3, -0.25) is 9.59 Å². The number of unbranched alkanes of at least 4 members (excludes halogenated alkanes) is 10. The van der Waals surface area contributed by atoms with E-state index in [2.05, 4.69) is 13.8 Å². The lowest BCUT2D eigenvalue weighted by atomic mass is 10.1. The highest BCUT2D eigenvalue weighted by Crippen LogP contribution is 2.23. The SMILES string of the molecule is CCCCCCCCOc1ccc(C(=O)Oc2ccc(C(=O)Oc3ccc(C(=O)N4CCN(C(=O)c5ccc(OC(=O)c6ccc(OC(=O)c7ccc(OCCCCCCCC)cc7)cc6)cc5)CC4)cc3)cc2)cc1. The predicted molar refractivity (Wildman–Crippen MR) is 288 cm³/mol. The van der Waals surface area contributed by atoms with Gasteiger partial charge in [-0.2, -0.15) is 0 Å². The number of nitrogens with zero attached hydrogens (tertiary/aromatic N) is 2. The second-order valence-electron chi connectivity index (χ2n) is 18.5. The summed E-state index contributed by atoms with van der Waals surface area (Å²) in [7, 11) is 0. The van der Waals surface area contributed by atoms with E-state index in [0.29, 0.717) is 73.1 Å². The van der Waals surface area contributed by atoms with E-state index in [1.54, 1.807) is 82.6 Å². The Balaban J connectivity index is 0.788. The van der Waals surface area contributed by atoms with Crippen LogP contribution in [0.3, 0.4) is 0 Å². The normalized spacial score (nSPS) is 12.1. The Morgan fingerprint density at radius 2 is 0.526 bits per heavy atom. The Kier molecular flexibility index (Phi) is 21.2. The Labute approximate surface area is 444 Å². The first-order valence-electron chi connectivity index (χ1n) is 26.4. The van der Waals surface area contributed by atoms with E-state index in [1.807, 2.05) is 0 Å². The minimum Gasteiger partial charge on any atom is -0.494 e. The molecule has 0 unspecified atom stereocenters. The van der Waals surface area contributed by atoms with E-state index in [1.165, 1.54) is 124 Å². The number of hydrogen-bond donors (Lipinski definition) is 0. The molecule has 0 aromatic heterocycles. The molecule has 0 aliphatic carbocycles. The van der Waals surface area contributed by atoms with Crippen LogP contribution in [-0.2, 0) is 0 Å². The summed E-state index contributed by atoms with van der Waals surface area (Å²) in [5, 5.41) is 0. The largest absolute Gasteiger partial charge is 0.494 e. The summed E-state index contributed by atoms with van der Waals surface area (Å²) in [4.78, 5) is 81.6. The highest BCUT2D eigenvalue weighted by Gasteiger charge is 2.26. The first-order valence-corrected chi connectivity index (χ1v) is 26.4. The zero-order valence-corrected chi connectivity index (χ0v) is 43.4. The highest BCUT2D eigenvalue weighted by molar-refractivity contribution is 5.97. The van der Waals surface area contributed by atoms with E-state index in [-0.39, 0.29) is 45.9 Å². The van der Waals surface area contributed by atoms with Gasteiger partial charge in [0.2, 0.25) is 0 Å². The van der Waals surface area contributed by atoms with E-state index in [0.717, 1.165) is 25.7 Å². The van der Waals surface area contributed by atoms with Crippen molar-refractivity contribution in [3.63, 3.8) is 0 Å². The minimum absolute atomic E-state index is 0.227. The molecule has 0 spiro atoms. The minimum atomic E-state index is -0.628. The third-order valence-electron chi connectivity index (χ3n) is 12.8. The van der Waals surface area contributed by atoms with E-state index in [9.17, 15) is 28.8 Å². The smallest absolute Gasteiger partial charge is 0.343 e. The van der Waals surface area contributed by atoms with Crippen LogP contribution in [-0.4, -0.2) is 84.9 Å². The zero-order chi connectivity index (χ0) is 53.5. The fourth-order valence-electron chi connectivity index (χ4n) is 8.31. The molecule has 0 radical (unpaired) electrons. The molecule has 7 rings (SSSR count). The molecule has 76 heavy (non-hydrogen) atoms. The molecular weight excluding hydrogens is 965 g/mol. The quantitative estimate of drug-likeness (QED) is 0.0287. The van der Waals surface area contributed by atoms with Crippen molar-refractivity contribution in [2.24, 2.45) is 0 Å². The standard InChI is InChI=1S/C62H66N2O12/c1-3-5-7-9-11-13-43-71-51-27-19-47(20-28-51)59(67)75-55-35-23-49(24-36-55)61(69)73-53-31-15-45(16-32-53)57(65)63-39-41-64(42-40-63)58(66)46-17-33-54(34-18-46)74-62(70)50-25-37-56(38-26-50)76-60(68)48-21-29-52(30-22-48)72-44-14-12-10-8-6-4-2/h15-38H,3-14,39-44H2,1-2H3. The Morgan fingerprint density at radius 1 is 0.303 bits per heavy atom. The Morgan fingerprint density at radius 3 is 0.789 bits per heavy atom. The highest BCUT2D eigenvalue weighted by atomic mass is 16.5. The summed E-state index contributed by atoms with van der Waals surface area (Å²) in [5.41, 5.74) is 2.00. The Bertz CT molecular complexity index is 2630. The molecular formula is C62H66N2O12. The van der Waals surface area contributed by atoms with Crippen molar-refractivity contribution in [2.45, 2.75) is 90.9 Å². The molecule has 0 bridgehead atoms. The summed E-state index contributed by atoms with van der Waals surface area (Å²) in [6.07, 6.45) is 14.1. The van der Waals surface area contributed by atoms with Gasteiger partial charge in [0.15, 0.2) is 0 Å². The monoisotopic (exact) mass is 1030 g/mol. The van der Waals surface area contributed by atoms with Gasteiger partial charge in [-0.15, -0.1) is 0 Å². The lowest BCUT2D eigenvalue weighted by Crippen LogP contribution is -2.50. The van der Waals surface area contributed by atoms with E-state index < -0.39 is 23.9 Å². The number of carbonyl (C=O) groups is 6. The van der Waals surface area contributed by atoms with Gasteiger partial charge >= 0.3 is 23.9 Å². The second kappa shape index (κ2) is 29.0. The average molecular weight is 1030 g/mol. The van der Waals surface area contributed by atoms with Crippen molar-refractivity contribution in [1.29, 1.82) is 0 Å². The van der Waals surface area contributed by atoms with Crippen LogP contribution in [0.4, 0.5) is 0 Å². The number of esters is 4. The van der Waals surface area contributed by atoms with Crippen LogP contribution in [0, 0.1) is 0 Å². The van der Waals surface area contributed by atoms with Gasteiger partial charge in [0.1, 0.15) is 34.5 Å². The van der Waals surface area contributed by atoms with Gasteiger partial charge in [0.05, 0.1) is 35.5 Å². The third-order valence-corrected chi connectivity index (χ3v) is 12.8. The van der Waals surface area contributed by atoms with Crippen molar-refractivity contribution in [3.05, 3.63) is 179 Å². The number of rotatable bonds is 26. The van der Waals surface area contributed by atoms with Crippen molar-refractivity contribution in [1.82, 2.24) is 9.80 Å². The number of hydrogen-bond acceptors (Lipinski definition) is 12. The lowest BCUT2D eigenvalue weighted by Gasteiger charge is -2.35. The van der Waals surface area contributed by atoms with Crippen LogP contribution < -0.4 is 28.4 Å². The second-order valence-corrected chi connectivity index (χ2v) is 18.5. The maximum atomic E-state index is 13.4. The first-order chi connectivity index (χ1) is 37.1. The molecule has 2 amide bonds. The fraction of sp³-hybridized carbons (Fsp3) is 0.323. The van der Waals surface area contributed by atoms with E-state index >= 15 is 0 Å². The van der Waals surface area contributed by atoms with Crippen molar-refractivity contribution >= 4 is 35.7 Å². The number of benzene rings is 6.